The Morgan fingerprint density at radius 1 is 0.462 bits per heavy atom. The van der Waals surface area contributed by atoms with Crippen LogP contribution in [0.2, 0.25) is 0 Å². The summed E-state index contributed by atoms with van der Waals surface area (Å²) in [7, 11) is 0. The molecule has 1 aliphatic rings. The Morgan fingerprint density at radius 2 is 1.08 bits per heavy atom. The van der Waals surface area contributed by atoms with E-state index in [4.69, 9.17) is 4.74 Å². The largest absolute Gasteiger partial charge is 0.453 e. The molecular weight excluding hydrogens is 476 g/mol. The molecule has 0 aliphatic carbocycles. The SMILES string of the molecule is c1ccc(N(c2ccccc2)c2ccc(-c3ccc4c(c3)Oc3cccc5c6ccccc6n-4c35)cc2)cc1. The molecule has 0 atom stereocenters. The van der Waals surface area contributed by atoms with E-state index in [-0.39, 0.29) is 0 Å². The standard InChI is InChI=1S/C36H24N2O/c1-3-10-27(11-4-1)37(28-12-5-2-6-13-28)29-21-18-25(19-22-29)26-20-23-33-35(24-26)39-34-17-9-15-31-30-14-7-8-16-32(30)38(33)36(31)34/h1-24H. The van der Waals surface area contributed by atoms with Crippen LogP contribution >= 0.6 is 0 Å². The Balaban J connectivity index is 1.20. The molecule has 0 saturated heterocycles. The first-order chi connectivity index (χ1) is 19.3. The van der Waals surface area contributed by atoms with Crippen molar-refractivity contribution in [1.29, 1.82) is 0 Å². The summed E-state index contributed by atoms with van der Waals surface area (Å²) < 4.78 is 8.83. The smallest absolute Gasteiger partial charge is 0.152 e. The zero-order chi connectivity index (χ0) is 25.8. The maximum Gasteiger partial charge on any atom is 0.152 e. The predicted molar refractivity (Wildman–Crippen MR) is 161 cm³/mol. The van der Waals surface area contributed by atoms with Crippen molar-refractivity contribution in [3.8, 4) is 28.3 Å². The Morgan fingerprint density at radius 3 is 1.82 bits per heavy atom. The summed E-state index contributed by atoms with van der Waals surface area (Å²) in [5.74, 6) is 1.76. The number of benzene rings is 6. The molecule has 3 nitrogen and oxygen atoms in total. The van der Waals surface area contributed by atoms with E-state index in [0.717, 1.165) is 50.9 Å². The molecule has 184 valence electrons. The van der Waals surface area contributed by atoms with Gasteiger partial charge in [-0.3, -0.25) is 0 Å². The van der Waals surface area contributed by atoms with E-state index in [1.807, 2.05) is 12.1 Å². The zero-order valence-corrected chi connectivity index (χ0v) is 21.2. The summed E-state index contributed by atoms with van der Waals surface area (Å²) in [5, 5.41) is 2.46. The van der Waals surface area contributed by atoms with Gasteiger partial charge < -0.3 is 14.2 Å². The molecule has 0 radical (unpaired) electrons. The molecule has 7 aromatic rings. The minimum atomic E-state index is 0.869. The molecule has 1 aromatic heterocycles. The maximum atomic E-state index is 6.49. The van der Waals surface area contributed by atoms with Gasteiger partial charge in [0.2, 0.25) is 0 Å². The summed E-state index contributed by atoms with van der Waals surface area (Å²) in [6, 6.07) is 51.1. The van der Waals surface area contributed by atoms with Crippen molar-refractivity contribution in [3.63, 3.8) is 0 Å². The fraction of sp³-hybridized carbons (Fsp3) is 0. The number of hydrogen-bond acceptors (Lipinski definition) is 2. The van der Waals surface area contributed by atoms with Gasteiger partial charge in [0.15, 0.2) is 11.5 Å². The van der Waals surface area contributed by atoms with Crippen LogP contribution in [0, 0.1) is 0 Å². The van der Waals surface area contributed by atoms with Crippen LogP contribution in [-0.2, 0) is 0 Å². The van der Waals surface area contributed by atoms with Crippen LogP contribution in [0.1, 0.15) is 0 Å². The summed E-state index contributed by atoms with van der Waals surface area (Å²) >= 11 is 0. The minimum absolute atomic E-state index is 0.869. The van der Waals surface area contributed by atoms with Crippen LogP contribution in [-0.4, -0.2) is 4.57 Å². The van der Waals surface area contributed by atoms with Gasteiger partial charge in [0, 0.05) is 27.8 Å². The summed E-state index contributed by atoms with van der Waals surface area (Å²) in [6.07, 6.45) is 0. The minimum Gasteiger partial charge on any atom is -0.453 e. The molecule has 0 fully saturated rings. The number of para-hydroxylation sites is 4. The summed E-state index contributed by atoms with van der Waals surface area (Å²) in [5.41, 5.74) is 9.03. The molecule has 0 spiro atoms. The number of anilines is 3. The van der Waals surface area contributed by atoms with Gasteiger partial charge in [-0.25, -0.2) is 0 Å². The molecule has 3 heteroatoms. The molecule has 2 heterocycles. The highest BCUT2D eigenvalue weighted by atomic mass is 16.5. The molecule has 8 rings (SSSR count). The van der Waals surface area contributed by atoms with Gasteiger partial charge in [-0.05, 0) is 71.8 Å². The Kier molecular flexibility index (Phi) is 4.82. The van der Waals surface area contributed by atoms with E-state index in [9.17, 15) is 0 Å². The van der Waals surface area contributed by atoms with Gasteiger partial charge in [-0.1, -0.05) is 84.9 Å². The van der Waals surface area contributed by atoms with Crippen LogP contribution in [0.15, 0.2) is 146 Å². The lowest BCUT2D eigenvalue weighted by Crippen LogP contribution is -2.09. The van der Waals surface area contributed by atoms with E-state index in [1.54, 1.807) is 0 Å². The molecule has 6 aromatic carbocycles. The zero-order valence-electron chi connectivity index (χ0n) is 21.2. The van der Waals surface area contributed by atoms with Gasteiger partial charge >= 0.3 is 0 Å². The highest BCUT2D eigenvalue weighted by Crippen LogP contribution is 2.46. The molecule has 0 bridgehead atoms. The van der Waals surface area contributed by atoms with Crippen molar-refractivity contribution in [3.05, 3.63) is 146 Å². The monoisotopic (exact) mass is 500 g/mol. The van der Waals surface area contributed by atoms with Crippen LogP contribution in [0.25, 0.3) is 38.6 Å². The quantitative estimate of drug-likeness (QED) is 0.239. The van der Waals surface area contributed by atoms with Crippen molar-refractivity contribution >= 4 is 38.9 Å². The van der Waals surface area contributed by atoms with Crippen LogP contribution < -0.4 is 9.64 Å². The Labute approximate surface area is 226 Å². The number of rotatable bonds is 4. The average Bonchev–Trinajstić information content (AvgIpc) is 3.35. The number of aromatic nitrogens is 1. The third-order valence-corrected chi connectivity index (χ3v) is 7.57. The van der Waals surface area contributed by atoms with E-state index >= 15 is 0 Å². The highest BCUT2D eigenvalue weighted by molar-refractivity contribution is 6.12. The molecule has 0 N–H and O–H groups in total. The van der Waals surface area contributed by atoms with Crippen molar-refractivity contribution in [2.45, 2.75) is 0 Å². The lowest BCUT2D eigenvalue weighted by Gasteiger charge is -2.25. The van der Waals surface area contributed by atoms with E-state index < -0.39 is 0 Å². The van der Waals surface area contributed by atoms with Crippen molar-refractivity contribution in [1.82, 2.24) is 4.57 Å². The average molecular weight is 501 g/mol. The molecule has 0 amide bonds. The predicted octanol–water partition coefficient (Wildman–Crippen LogP) is 10.0. The van der Waals surface area contributed by atoms with E-state index in [1.165, 1.54) is 16.3 Å². The fourth-order valence-electron chi connectivity index (χ4n) is 5.80. The van der Waals surface area contributed by atoms with Gasteiger partial charge in [-0.2, -0.15) is 0 Å². The van der Waals surface area contributed by atoms with Gasteiger partial charge in [0.05, 0.1) is 16.7 Å². The first kappa shape index (κ1) is 21.8. The second kappa shape index (κ2) is 8.64. The third-order valence-electron chi connectivity index (χ3n) is 7.57. The van der Waals surface area contributed by atoms with E-state index in [0.29, 0.717) is 0 Å². The number of ether oxygens (including phenoxy) is 1. The number of nitrogens with zero attached hydrogens (tertiary/aromatic N) is 2. The van der Waals surface area contributed by atoms with Crippen molar-refractivity contribution in [2.24, 2.45) is 0 Å². The van der Waals surface area contributed by atoms with Gasteiger partial charge in [0.1, 0.15) is 0 Å². The van der Waals surface area contributed by atoms with Crippen molar-refractivity contribution < 1.29 is 4.74 Å². The third kappa shape index (κ3) is 3.44. The lowest BCUT2D eigenvalue weighted by atomic mass is 10.0. The first-order valence-corrected chi connectivity index (χ1v) is 13.2. The summed E-state index contributed by atoms with van der Waals surface area (Å²) in [4.78, 5) is 2.28. The highest BCUT2D eigenvalue weighted by Gasteiger charge is 2.23. The maximum absolute atomic E-state index is 6.49. The Hall–Kier alpha value is -5.28. The molecule has 1 aliphatic heterocycles. The molecular formula is C36H24N2O. The van der Waals surface area contributed by atoms with Crippen LogP contribution in [0.3, 0.4) is 0 Å². The Bertz CT molecular complexity index is 1930. The molecule has 0 unspecified atom stereocenters. The van der Waals surface area contributed by atoms with Crippen LogP contribution in [0.5, 0.6) is 11.5 Å². The molecule has 39 heavy (non-hydrogen) atoms. The normalized spacial score (nSPS) is 11.8. The number of fused-ring (bicyclic) bond motifs is 5. The van der Waals surface area contributed by atoms with Crippen molar-refractivity contribution in [2.75, 3.05) is 4.90 Å². The second-order valence-electron chi connectivity index (χ2n) is 9.84. The summed E-state index contributed by atoms with van der Waals surface area (Å²) in [6.45, 7) is 0. The first-order valence-electron chi connectivity index (χ1n) is 13.2. The molecule has 0 saturated carbocycles. The lowest BCUT2D eigenvalue weighted by molar-refractivity contribution is 0.476. The van der Waals surface area contributed by atoms with Gasteiger partial charge in [0.25, 0.3) is 0 Å². The van der Waals surface area contributed by atoms with E-state index in [2.05, 4.69) is 143 Å². The van der Waals surface area contributed by atoms with Gasteiger partial charge in [-0.15, -0.1) is 0 Å². The van der Waals surface area contributed by atoms with Crippen LogP contribution in [0.4, 0.5) is 17.1 Å². The topological polar surface area (TPSA) is 17.4 Å². The second-order valence-corrected chi connectivity index (χ2v) is 9.84. The number of hydrogen-bond donors (Lipinski definition) is 0. The fourth-order valence-corrected chi connectivity index (χ4v) is 5.80.